The average molecular weight is 957 g/mol. The van der Waals surface area contributed by atoms with Gasteiger partial charge in [0.2, 0.25) is 0 Å². The molecule has 0 radical (unpaired) electrons. The van der Waals surface area contributed by atoms with Crippen molar-refractivity contribution in [2.75, 3.05) is 171 Å². The second-order valence-corrected chi connectivity index (χ2v) is 14.4. The fraction of sp³-hybridized carbons (Fsp3) is 1.00. The summed E-state index contributed by atoms with van der Waals surface area (Å²) < 4.78 is 9.95. The van der Waals surface area contributed by atoms with Crippen molar-refractivity contribution < 1.29 is 14.6 Å². The van der Waals surface area contributed by atoms with Crippen molar-refractivity contribution >= 4 is 0 Å². The first-order chi connectivity index (χ1) is 31.3. The average Bonchev–Trinajstić information content (AvgIpc) is 3.32. The molecule has 0 amide bonds. The van der Waals surface area contributed by atoms with Crippen LogP contribution >= 0.6 is 0 Å². The molecule has 26 heteroatoms. The Hall–Kier alpha value is -1.04. The topological polar surface area (TPSA) is 550 Å². The van der Waals surface area contributed by atoms with Gasteiger partial charge in [0.1, 0.15) is 0 Å². The van der Waals surface area contributed by atoms with Crippen LogP contribution in [-0.2, 0) is 9.47 Å². The summed E-state index contributed by atoms with van der Waals surface area (Å²) in [5.41, 5.74) is 93.0. The summed E-state index contributed by atoms with van der Waals surface area (Å²) in [4.78, 5) is 4.46. The summed E-state index contributed by atoms with van der Waals surface area (Å²) in [6.07, 6.45) is 9.47. The molecule has 406 valence electrons. The molecule has 0 spiro atoms. The molecule has 0 saturated carbocycles. The fourth-order valence-corrected chi connectivity index (χ4v) is 3.89. The van der Waals surface area contributed by atoms with E-state index in [1.165, 1.54) is 12.8 Å². The van der Waals surface area contributed by atoms with Crippen molar-refractivity contribution in [2.24, 2.45) is 109 Å². The quantitative estimate of drug-likeness (QED) is 0.0235. The minimum atomic E-state index is -0.509. The van der Waals surface area contributed by atoms with Gasteiger partial charge in [0.25, 0.3) is 0 Å². The van der Waals surface area contributed by atoms with Gasteiger partial charge in [-0.15, -0.1) is 0 Å². The summed E-state index contributed by atoms with van der Waals surface area (Å²) in [6, 6.07) is 0. The maximum Gasteiger partial charge on any atom is 0.0941 e. The van der Waals surface area contributed by atoms with E-state index in [1.54, 1.807) is 0 Å². The molecular formula is C39H117N23O3. The summed E-state index contributed by atoms with van der Waals surface area (Å²) in [7, 11) is 0. The van der Waals surface area contributed by atoms with Crippen LogP contribution in [0.4, 0.5) is 0 Å². The molecule has 40 N–H and O–H groups in total. The van der Waals surface area contributed by atoms with Crippen LogP contribution in [-0.4, -0.2) is 192 Å². The Bertz CT molecular complexity index is 650. The van der Waals surface area contributed by atoms with Crippen LogP contribution in [0, 0.1) is 5.41 Å². The molecule has 0 atom stereocenters. The maximum absolute atomic E-state index is 8.42. The summed E-state index contributed by atoms with van der Waals surface area (Å²) in [5.74, 6) is 0. The highest BCUT2D eigenvalue weighted by Crippen LogP contribution is 2.22. The highest BCUT2D eigenvalue weighted by atomic mass is 16.5. The predicted octanol–water partition coefficient (Wildman–Crippen LogP) is -7.89. The second-order valence-electron chi connectivity index (χ2n) is 14.4. The zero-order valence-corrected chi connectivity index (χ0v) is 41.9. The normalized spacial score (nSPS) is 11.9. The highest BCUT2D eigenvalue weighted by molar-refractivity contribution is 4.69. The number of ether oxygens (including phenoxy) is 2. The molecule has 1 saturated heterocycles. The zero-order valence-electron chi connectivity index (χ0n) is 41.9. The Balaban J connectivity index is -0.0000000950. The van der Waals surface area contributed by atoms with Crippen LogP contribution in [0.2, 0.25) is 0 Å². The molecule has 0 aromatic carbocycles. The molecular weight excluding hydrogens is 839 g/mol. The Morgan fingerprint density at radius 3 is 1.00 bits per heavy atom. The van der Waals surface area contributed by atoms with E-state index in [-0.39, 0.29) is 19.8 Å². The van der Waals surface area contributed by atoms with E-state index in [1.807, 2.05) is 0 Å². The van der Waals surface area contributed by atoms with Gasteiger partial charge in [-0.1, -0.05) is 26.7 Å². The number of unbranched alkanes of at least 4 members (excludes halogenated alkanes) is 4. The summed E-state index contributed by atoms with van der Waals surface area (Å²) in [6.45, 7) is 21.9. The number of nitrogens with one attached hydrogen (secondary N) is 3. The van der Waals surface area contributed by atoms with Crippen molar-refractivity contribution in [2.45, 2.75) is 77.7 Å². The van der Waals surface area contributed by atoms with Gasteiger partial charge < -0.3 is 118 Å². The third kappa shape index (κ3) is 106. The van der Waals surface area contributed by atoms with Crippen LogP contribution in [0.15, 0.2) is 0 Å². The van der Waals surface area contributed by atoms with Gasteiger partial charge in [0.15, 0.2) is 0 Å². The Morgan fingerprint density at radius 2 is 0.769 bits per heavy atom. The largest absolute Gasteiger partial charge is 0.390 e. The number of aliphatic hydroxyl groups is 1. The molecule has 26 nitrogen and oxygen atoms in total. The molecule has 0 bridgehead atoms. The minimum absolute atomic E-state index is 0.260. The number of aliphatic hydroxyl groups excluding tert-OH is 1. The fourth-order valence-electron chi connectivity index (χ4n) is 3.89. The maximum atomic E-state index is 8.42. The van der Waals surface area contributed by atoms with Gasteiger partial charge in [0, 0.05) is 106 Å². The molecule has 1 fully saturated rings. The summed E-state index contributed by atoms with van der Waals surface area (Å²) >= 11 is 0. The van der Waals surface area contributed by atoms with Crippen LogP contribution in [0.1, 0.15) is 71.6 Å². The molecule has 1 aliphatic rings. The van der Waals surface area contributed by atoms with Gasteiger partial charge in [-0.2, -0.15) is 0 Å². The molecule has 1 rings (SSSR count). The lowest BCUT2D eigenvalue weighted by molar-refractivity contribution is 0.0499. The Kier molecular flexibility index (Phi) is 103. The van der Waals surface area contributed by atoms with Crippen molar-refractivity contribution in [3.8, 4) is 0 Å². The third-order valence-electron chi connectivity index (χ3n) is 7.96. The van der Waals surface area contributed by atoms with E-state index < -0.39 is 6.10 Å². The SMILES string of the molecule is CC(C)(CCN)CCN.NCC(O)CN.NCCCCCCN.NCCCCN.NCCCOCCOCN.NCCN.NCN1CCN(CN)CC1.NCNCN.NCNCNCN. The number of nitrogens with zero attached hydrogens (tertiary/aromatic N) is 2. The lowest BCUT2D eigenvalue weighted by Gasteiger charge is -2.32. The van der Waals surface area contributed by atoms with Gasteiger partial charge >= 0.3 is 0 Å². The van der Waals surface area contributed by atoms with Crippen LogP contribution < -0.4 is 119 Å². The summed E-state index contributed by atoms with van der Waals surface area (Å²) in [5, 5.41) is 16.8. The lowest BCUT2D eigenvalue weighted by Crippen LogP contribution is -2.49. The highest BCUT2D eigenvalue weighted by Gasteiger charge is 2.14. The number of hydrogen-bond acceptors (Lipinski definition) is 26. The number of piperazine rings is 1. The molecule has 65 heavy (non-hydrogen) atoms. The van der Waals surface area contributed by atoms with Crippen molar-refractivity contribution in [3.05, 3.63) is 0 Å². The van der Waals surface area contributed by atoms with Gasteiger partial charge in [-0.05, 0) is 96.2 Å². The first-order valence-corrected chi connectivity index (χ1v) is 23.3. The minimum Gasteiger partial charge on any atom is -0.390 e. The molecule has 0 unspecified atom stereocenters. The van der Waals surface area contributed by atoms with Crippen molar-refractivity contribution in [1.29, 1.82) is 0 Å². The van der Waals surface area contributed by atoms with Crippen molar-refractivity contribution in [1.82, 2.24) is 25.8 Å². The van der Waals surface area contributed by atoms with E-state index in [2.05, 4.69) is 39.6 Å². The van der Waals surface area contributed by atoms with Gasteiger partial charge in [-0.25, -0.2) is 0 Å². The number of hydrogen-bond donors (Lipinski definition) is 22. The van der Waals surface area contributed by atoms with Crippen molar-refractivity contribution in [3.63, 3.8) is 0 Å². The van der Waals surface area contributed by atoms with Crippen LogP contribution in [0.3, 0.4) is 0 Å². The number of rotatable bonds is 30. The number of nitrogens with two attached hydrogens (primary N) is 18. The lowest BCUT2D eigenvalue weighted by atomic mass is 9.86. The molecule has 0 aliphatic carbocycles. The van der Waals surface area contributed by atoms with E-state index in [0.29, 0.717) is 91.6 Å². The van der Waals surface area contributed by atoms with Crippen LogP contribution in [0.25, 0.3) is 0 Å². The Labute approximate surface area is 397 Å². The molecule has 1 heterocycles. The standard InChI is InChI=1S/C7H18N2.C6H16N4.C6H16N2O2.C6H16N2.C4H12N2.C3H12N4.C3H10N2O.C2H9N3.C2H8N2/c1-7(2,3-5-8)4-6-9;7-5-9-1-2-10(6-8)4-3-9;7-2-1-3-9-4-5-10-6-8;7-5-3-1-2-4-6-8;5-3-1-2-4-6;4-1-6-3-7-2-5;4-1-3(6)2-5;3-1-5-2-4;3-1-2-4/h3-6,8-9H2,1-2H3;2*1-8H2;1-8H2;1-6H2;6-7H,1-5H2;3,6H,1-2,4-5H2;5H,1-4H2;1-4H2. The molecule has 1 aliphatic heterocycles. The smallest absolute Gasteiger partial charge is 0.0941 e. The van der Waals surface area contributed by atoms with E-state index in [4.69, 9.17) is 118 Å². The van der Waals surface area contributed by atoms with Crippen LogP contribution in [0.5, 0.6) is 0 Å². The Morgan fingerprint density at radius 1 is 0.431 bits per heavy atom. The third-order valence-corrected chi connectivity index (χ3v) is 7.96. The molecule has 0 aromatic rings. The first kappa shape index (κ1) is 81.0. The van der Waals surface area contributed by atoms with Gasteiger partial charge in [0.05, 0.1) is 26.0 Å². The monoisotopic (exact) mass is 956 g/mol. The van der Waals surface area contributed by atoms with Gasteiger partial charge in [-0.3, -0.25) is 25.8 Å². The zero-order chi connectivity index (χ0) is 51.5. The van der Waals surface area contributed by atoms with E-state index >= 15 is 0 Å². The predicted molar refractivity (Wildman–Crippen MR) is 279 cm³/mol. The molecule has 0 aromatic heterocycles. The first-order valence-electron chi connectivity index (χ1n) is 23.3. The van der Waals surface area contributed by atoms with E-state index in [0.717, 1.165) is 110 Å². The van der Waals surface area contributed by atoms with E-state index in [9.17, 15) is 0 Å². The second kappa shape index (κ2) is 83.0.